The second-order valence-electron chi connectivity index (χ2n) is 5.21. The molecule has 0 amide bonds. The van der Waals surface area contributed by atoms with Gasteiger partial charge < -0.3 is 5.11 Å². The number of rotatable bonds is 3. The Kier molecular flexibility index (Phi) is 3.18. The lowest BCUT2D eigenvalue weighted by Crippen LogP contribution is -2.35. The first-order valence-electron chi connectivity index (χ1n) is 5.91. The van der Waals surface area contributed by atoms with Crippen molar-refractivity contribution < 1.29 is 18.3 Å². The Labute approximate surface area is 111 Å². The lowest BCUT2D eigenvalue weighted by molar-refractivity contribution is -0.146. The van der Waals surface area contributed by atoms with Crippen LogP contribution in [0.4, 0.5) is 0 Å². The molecule has 1 aliphatic heterocycles. The van der Waals surface area contributed by atoms with Gasteiger partial charge in [0.15, 0.2) is 5.03 Å². The summed E-state index contributed by atoms with van der Waals surface area (Å²) in [4.78, 5) is 11.2. The van der Waals surface area contributed by atoms with E-state index in [9.17, 15) is 13.2 Å². The third-order valence-corrected chi connectivity index (χ3v) is 5.66. The smallest absolute Gasteiger partial charge is 0.310 e. The highest BCUT2D eigenvalue weighted by Crippen LogP contribution is 2.34. The minimum absolute atomic E-state index is 0.00468. The van der Waals surface area contributed by atoms with E-state index >= 15 is 0 Å². The van der Waals surface area contributed by atoms with E-state index in [1.165, 1.54) is 15.2 Å². The van der Waals surface area contributed by atoms with Gasteiger partial charge in [-0.2, -0.15) is 9.40 Å². The average Bonchev–Trinajstić information content (AvgIpc) is 2.84. The first kappa shape index (κ1) is 14.0. The van der Waals surface area contributed by atoms with Crippen molar-refractivity contribution in [3.63, 3.8) is 0 Å². The van der Waals surface area contributed by atoms with Crippen LogP contribution in [0.25, 0.3) is 0 Å². The lowest BCUT2D eigenvalue weighted by Gasteiger charge is -2.20. The van der Waals surface area contributed by atoms with Gasteiger partial charge in [0.1, 0.15) is 0 Å². The zero-order chi connectivity index (χ0) is 14.4. The van der Waals surface area contributed by atoms with Gasteiger partial charge in [-0.25, -0.2) is 8.42 Å². The van der Waals surface area contributed by atoms with Gasteiger partial charge in [-0.1, -0.05) is 0 Å². The number of aryl methyl sites for hydroxylation is 2. The Morgan fingerprint density at radius 3 is 2.58 bits per heavy atom. The summed E-state index contributed by atoms with van der Waals surface area (Å²) in [7, 11) is -2.13. The summed E-state index contributed by atoms with van der Waals surface area (Å²) in [6.45, 7) is 3.46. The molecule has 0 radical (unpaired) electrons. The summed E-state index contributed by atoms with van der Waals surface area (Å²) in [6, 6.07) is 0. The molecule has 19 heavy (non-hydrogen) atoms. The summed E-state index contributed by atoms with van der Waals surface area (Å²) in [5, 5.41) is 13.2. The van der Waals surface area contributed by atoms with Crippen LogP contribution in [0.2, 0.25) is 0 Å². The van der Waals surface area contributed by atoms with E-state index in [4.69, 9.17) is 5.11 Å². The second kappa shape index (κ2) is 4.31. The van der Waals surface area contributed by atoms with E-state index in [2.05, 4.69) is 5.10 Å². The van der Waals surface area contributed by atoms with Gasteiger partial charge in [0.25, 0.3) is 10.0 Å². The minimum Gasteiger partial charge on any atom is -0.481 e. The van der Waals surface area contributed by atoms with Gasteiger partial charge >= 0.3 is 5.97 Å². The number of aliphatic carboxylic acids is 1. The summed E-state index contributed by atoms with van der Waals surface area (Å²) < 4.78 is 27.6. The van der Waals surface area contributed by atoms with Crippen LogP contribution in [-0.4, -0.2) is 46.7 Å². The van der Waals surface area contributed by atoms with Crippen molar-refractivity contribution in [2.75, 3.05) is 13.1 Å². The van der Waals surface area contributed by atoms with Crippen molar-refractivity contribution >= 4 is 16.0 Å². The molecule has 1 aromatic heterocycles. The fourth-order valence-electron chi connectivity index (χ4n) is 2.33. The predicted octanol–water partition coefficient (Wildman–Crippen LogP) is 0.214. The molecule has 1 saturated heterocycles. The van der Waals surface area contributed by atoms with Crippen LogP contribution in [0.15, 0.2) is 11.2 Å². The SMILES string of the molecule is Cc1cnn(C)c1S(=O)(=O)N1CCC(C)(C(=O)O)C1. The molecule has 8 heteroatoms. The molecule has 0 aromatic carbocycles. The molecule has 0 saturated carbocycles. The highest BCUT2D eigenvalue weighted by atomic mass is 32.2. The number of aromatic nitrogens is 2. The minimum atomic E-state index is -3.69. The fourth-order valence-corrected chi connectivity index (χ4v) is 4.20. The Hall–Kier alpha value is -1.41. The van der Waals surface area contributed by atoms with Gasteiger partial charge in [-0.15, -0.1) is 0 Å². The zero-order valence-corrected chi connectivity index (χ0v) is 11.9. The number of carboxylic acids is 1. The largest absolute Gasteiger partial charge is 0.481 e. The van der Waals surface area contributed by atoms with E-state index in [0.717, 1.165) is 0 Å². The monoisotopic (exact) mass is 287 g/mol. The van der Waals surface area contributed by atoms with Crippen molar-refractivity contribution in [1.82, 2.24) is 14.1 Å². The number of nitrogens with zero attached hydrogens (tertiary/aromatic N) is 3. The molecule has 7 nitrogen and oxygen atoms in total. The van der Waals surface area contributed by atoms with Crippen LogP contribution in [0.5, 0.6) is 0 Å². The summed E-state index contributed by atoms with van der Waals surface area (Å²) in [5.74, 6) is -0.966. The van der Waals surface area contributed by atoms with Crippen molar-refractivity contribution in [3.8, 4) is 0 Å². The van der Waals surface area contributed by atoms with Crippen LogP contribution >= 0.6 is 0 Å². The number of carbonyl (C=O) groups is 1. The number of hydrogen-bond acceptors (Lipinski definition) is 4. The topological polar surface area (TPSA) is 92.5 Å². The Bertz CT molecular complexity index is 602. The standard InChI is InChI=1S/C11H17N3O4S/c1-8-6-12-13(3)9(8)19(17,18)14-5-4-11(2,7-14)10(15)16/h6H,4-5,7H2,1-3H3,(H,15,16). The zero-order valence-electron chi connectivity index (χ0n) is 11.1. The van der Waals surface area contributed by atoms with Crippen LogP contribution in [0.3, 0.4) is 0 Å². The number of sulfonamides is 1. The first-order valence-corrected chi connectivity index (χ1v) is 7.35. The summed E-state index contributed by atoms with van der Waals surface area (Å²) in [5.41, 5.74) is -0.453. The van der Waals surface area contributed by atoms with Gasteiger partial charge in [-0.3, -0.25) is 9.48 Å². The highest BCUT2D eigenvalue weighted by molar-refractivity contribution is 7.89. The molecule has 0 spiro atoms. The van der Waals surface area contributed by atoms with E-state index in [0.29, 0.717) is 12.0 Å². The normalized spacial score (nSPS) is 24.8. The number of carboxylic acid groups (broad SMARTS) is 1. The van der Waals surface area contributed by atoms with Crippen molar-refractivity contribution in [2.24, 2.45) is 12.5 Å². The molecular weight excluding hydrogens is 270 g/mol. The maximum atomic E-state index is 12.5. The van der Waals surface area contributed by atoms with Gasteiger partial charge in [-0.05, 0) is 20.3 Å². The fraction of sp³-hybridized carbons (Fsp3) is 0.636. The molecule has 0 bridgehead atoms. The molecule has 2 rings (SSSR count). The molecule has 0 aliphatic carbocycles. The maximum absolute atomic E-state index is 12.5. The summed E-state index contributed by atoms with van der Waals surface area (Å²) in [6.07, 6.45) is 1.80. The van der Waals surface area contributed by atoms with E-state index in [-0.39, 0.29) is 18.1 Å². The molecule has 2 heterocycles. The lowest BCUT2D eigenvalue weighted by atomic mass is 9.90. The Morgan fingerprint density at radius 2 is 2.16 bits per heavy atom. The van der Waals surface area contributed by atoms with Gasteiger partial charge in [0, 0.05) is 25.7 Å². The first-order chi connectivity index (χ1) is 8.68. The highest BCUT2D eigenvalue weighted by Gasteiger charge is 2.45. The average molecular weight is 287 g/mol. The van der Waals surface area contributed by atoms with E-state index in [1.807, 2.05) is 0 Å². The van der Waals surface area contributed by atoms with Crippen LogP contribution in [0.1, 0.15) is 18.9 Å². The molecule has 1 N–H and O–H groups in total. The third kappa shape index (κ3) is 2.14. The van der Waals surface area contributed by atoms with Crippen molar-refractivity contribution in [1.29, 1.82) is 0 Å². The van der Waals surface area contributed by atoms with E-state index < -0.39 is 21.4 Å². The van der Waals surface area contributed by atoms with Gasteiger partial charge in [0.2, 0.25) is 0 Å². The van der Waals surface area contributed by atoms with Crippen LogP contribution in [0, 0.1) is 12.3 Å². The summed E-state index contributed by atoms with van der Waals surface area (Å²) >= 11 is 0. The molecule has 106 valence electrons. The quantitative estimate of drug-likeness (QED) is 0.858. The maximum Gasteiger partial charge on any atom is 0.310 e. The predicted molar refractivity (Wildman–Crippen MR) is 67.1 cm³/mol. The molecule has 1 unspecified atom stereocenters. The molecule has 1 atom stereocenters. The second-order valence-corrected chi connectivity index (χ2v) is 7.06. The third-order valence-electron chi connectivity index (χ3n) is 3.59. The van der Waals surface area contributed by atoms with Crippen molar-refractivity contribution in [3.05, 3.63) is 11.8 Å². The Morgan fingerprint density at radius 1 is 1.53 bits per heavy atom. The van der Waals surface area contributed by atoms with E-state index in [1.54, 1.807) is 20.9 Å². The molecule has 1 fully saturated rings. The molecule has 1 aliphatic rings. The van der Waals surface area contributed by atoms with Crippen LogP contribution in [-0.2, 0) is 21.9 Å². The van der Waals surface area contributed by atoms with Gasteiger partial charge in [0.05, 0.1) is 11.6 Å². The van der Waals surface area contributed by atoms with Crippen LogP contribution < -0.4 is 0 Å². The number of hydrogen-bond donors (Lipinski definition) is 1. The van der Waals surface area contributed by atoms with Crippen molar-refractivity contribution in [2.45, 2.75) is 25.3 Å². The molecule has 1 aromatic rings. The molecular formula is C11H17N3O4S. The Balaban J connectivity index is 2.36.